The fourth-order valence-corrected chi connectivity index (χ4v) is 4.22. The zero-order chi connectivity index (χ0) is 13.8. The van der Waals surface area contributed by atoms with Crippen molar-refractivity contribution < 1.29 is 4.74 Å². The second kappa shape index (κ2) is 6.52. The number of rotatable bonds is 3. The molecule has 0 unspecified atom stereocenters. The van der Waals surface area contributed by atoms with Crippen LogP contribution in [0.15, 0.2) is 11.6 Å². The maximum absolute atomic E-state index is 5.92. The number of likely N-dealkylation sites (N-methyl/N-ethyl adjacent to an activating group) is 1. The molecule has 112 valence electrons. The van der Waals surface area contributed by atoms with Gasteiger partial charge in [0.15, 0.2) is 0 Å². The zero-order valence-electron chi connectivity index (χ0n) is 12.4. The third kappa shape index (κ3) is 3.39. The van der Waals surface area contributed by atoms with Gasteiger partial charge in [-0.25, -0.2) is 4.98 Å². The molecule has 0 bridgehead atoms. The van der Waals surface area contributed by atoms with Crippen LogP contribution in [0.1, 0.15) is 24.8 Å². The summed E-state index contributed by atoms with van der Waals surface area (Å²) in [6, 6.07) is 0. The minimum Gasteiger partial charge on any atom is -0.379 e. The Kier molecular flexibility index (Phi) is 4.71. The second-order valence-corrected chi connectivity index (χ2v) is 7.14. The fourth-order valence-electron chi connectivity index (χ4n) is 3.57. The molecule has 0 radical (unpaired) electrons. The van der Waals surface area contributed by atoms with Gasteiger partial charge in [-0.2, -0.15) is 0 Å². The van der Waals surface area contributed by atoms with Crippen LogP contribution in [0.3, 0.4) is 0 Å². The smallest absolute Gasteiger partial charge is 0.107 e. The number of likely N-dealkylation sites (tertiary alicyclic amines) is 1. The molecule has 4 nitrogen and oxygen atoms in total. The average molecular weight is 295 g/mol. The van der Waals surface area contributed by atoms with Crippen LogP contribution >= 0.6 is 11.3 Å². The fraction of sp³-hybridized carbons (Fsp3) is 0.800. The molecule has 0 amide bonds. The number of nitrogens with zero attached hydrogens (tertiary/aromatic N) is 3. The van der Waals surface area contributed by atoms with E-state index in [4.69, 9.17) is 4.74 Å². The summed E-state index contributed by atoms with van der Waals surface area (Å²) in [6.07, 6.45) is 4.50. The molecule has 0 saturated carbocycles. The van der Waals surface area contributed by atoms with Crippen molar-refractivity contribution in [2.45, 2.75) is 26.3 Å². The highest BCUT2D eigenvalue weighted by molar-refractivity contribution is 7.09. The highest BCUT2D eigenvalue weighted by Crippen LogP contribution is 2.33. The van der Waals surface area contributed by atoms with Gasteiger partial charge in [0.1, 0.15) is 5.01 Å². The normalized spacial score (nSPS) is 29.6. The summed E-state index contributed by atoms with van der Waals surface area (Å²) in [6.45, 7) is 10.9. The Morgan fingerprint density at radius 3 is 3.05 bits per heavy atom. The van der Waals surface area contributed by atoms with Gasteiger partial charge in [-0.15, -0.1) is 11.3 Å². The molecule has 3 rings (SSSR count). The summed E-state index contributed by atoms with van der Waals surface area (Å²) in [5.74, 6) is 0. The van der Waals surface area contributed by atoms with E-state index in [0.717, 1.165) is 39.4 Å². The van der Waals surface area contributed by atoms with Crippen molar-refractivity contribution in [1.29, 1.82) is 0 Å². The van der Waals surface area contributed by atoms with Crippen molar-refractivity contribution in [2.75, 3.05) is 45.9 Å². The Morgan fingerprint density at radius 2 is 2.25 bits per heavy atom. The summed E-state index contributed by atoms with van der Waals surface area (Å²) >= 11 is 1.77. The monoisotopic (exact) mass is 295 g/mol. The van der Waals surface area contributed by atoms with Gasteiger partial charge in [-0.3, -0.25) is 4.90 Å². The Hall–Kier alpha value is -0.490. The maximum Gasteiger partial charge on any atom is 0.107 e. The van der Waals surface area contributed by atoms with E-state index in [0.29, 0.717) is 5.41 Å². The lowest BCUT2D eigenvalue weighted by Crippen LogP contribution is -2.50. The van der Waals surface area contributed by atoms with Crippen LogP contribution in [0.4, 0.5) is 0 Å². The van der Waals surface area contributed by atoms with Crippen LogP contribution in [0.25, 0.3) is 0 Å². The van der Waals surface area contributed by atoms with Crippen molar-refractivity contribution >= 4 is 11.3 Å². The minimum absolute atomic E-state index is 0.335. The van der Waals surface area contributed by atoms with Gasteiger partial charge in [-0.05, 0) is 25.9 Å². The molecular formula is C15H25N3OS. The lowest BCUT2D eigenvalue weighted by molar-refractivity contribution is 0.00332. The number of hydrogen-bond acceptors (Lipinski definition) is 5. The Labute approximate surface area is 125 Å². The van der Waals surface area contributed by atoms with E-state index < -0.39 is 0 Å². The Balaban J connectivity index is 1.66. The molecular weight excluding hydrogens is 270 g/mol. The van der Waals surface area contributed by atoms with Gasteiger partial charge < -0.3 is 9.64 Å². The first-order valence-electron chi connectivity index (χ1n) is 7.70. The summed E-state index contributed by atoms with van der Waals surface area (Å²) < 4.78 is 5.92. The van der Waals surface area contributed by atoms with Crippen molar-refractivity contribution in [3.8, 4) is 0 Å². The van der Waals surface area contributed by atoms with E-state index in [1.54, 1.807) is 11.3 Å². The van der Waals surface area contributed by atoms with Gasteiger partial charge in [0.05, 0.1) is 19.8 Å². The van der Waals surface area contributed by atoms with Crippen LogP contribution in [0.5, 0.6) is 0 Å². The lowest BCUT2D eigenvalue weighted by atomic mass is 9.80. The van der Waals surface area contributed by atoms with Gasteiger partial charge in [0, 0.05) is 36.6 Å². The van der Waals surface area contributed by atoms with Gasteiger partial charge in [-0.1, -0.05) is 6.92 Å². The number of aromatic nitrogens is 1. The summed E-state index contributed by atoms with van der Waals surface area (Å²) in [4.78, 5) is 9.56. The Bertz CT molecular complexity index is 411. The molecule has 0 N–H and O–H groups in total. The van der Waals surface area contributed by atoms with E-state index in [1.807, 2.05) is 6.20 Å². The topological polar surface area (TPSA) is 28.6 Å². The molecule has 0 aromatic carbocycles. The SMILES string of the molecule is CCN1CCOC[C@@]2(CCCN(Cc3nccs3)C2)C1. The van der Waals surface area contributed by atoms with Crippen LogP contribution in [0, 0.1) is 5.41 Å². The van der Waals surface area contributed by atoms with Crippen LogP contribution in [-0.2, 0) is 11.3 Å². The summed E-state index contributed by atoms with van der Waals surface area (Å²) in [5, 5.41) is 3.31. The minimum atomic E-state index is 0.335. The van der Waals surface area contributed by atoms with Crippen LogP contribution in [0.2, 0.25) is 0 Å². The second-order valence-electron chi connectivity index (χ2n) is 6.16. The van der Waals surface area contributed by atoms with E-state index in [2.05, 4.69) is 27.1 Å². The van der Waals surface area contributed by atoms with E-state index in [9.17, 15) is 0 Å². The first-order chi connectivity index (χ1) is 9.80. The molecule has 2 aliphatic heterocycles. The maximum atomic E-state index is 5.92. The van der Waals surface area contributed by atoms with Gasteiger partial charge >= 0.3 is 0 Å². The summed E-state index contributed by atoms with van der Waals surface area (Å²) in [7, 11) is 0. The molecule has 5 heteroatoms. The quantitative estimate of drug-likeness (QED) is 0.853. The molecule has 1 aromatic rings. The molecule has 1 aromatic heterocycles. The predicted octanol–water partition coefficient (Wildman–Crippen LogP) is 2.08. The standard InChI is InChI=1S/C15H25N3OS/c1-2-17-7-8-19-13-15(11-17)4-3-6-18(12-15)10-14-16-5-9-20-14/h5,9H,2-4,6-8,10-13H2,1H3/t15-/m0/s1. The van der Waals surface area contributed by atoms with Crippen molar-refractivity contribution in [1.82, 2.24) is 14.8 Å². The average Bonchev–Trinajstić information content (AvgIpc) is 2.88. The number of piperidine rings is 1. The third-order valence-electron chi connectivity index (χ3n) is 4.55. The first-order valence-corrected chi connectivity index (χ1v) is 8.58. The van der Waals surface area contributed by atoms with Crippen molar-refractivity contribution in [3.05, 3.63) is 16.6 Å². The zero-order valence-corrected chi connectivity index (χ0v) is 13.2. The predicted molar refractivity (Wildman–Crippen MR) is 82.0 cm³/mol. The van der Waals surface area contributed by atoms with E-state index in [1.165, 1.54) is 30.9 Å². The molecule has 3 heterocycles. The highest BCUT2D eigenvalue weighted by Gasteiger charge is 2.38. The van der Waals surface area contributed by atoms with Crippen molar-refractivity contribution in [3.63, 3.8) is 0 Å². The Morgan fingerprint density at radius 1 is 1.35 bits per heavy atom. The molecule has 0 aliphatic carbocycles. The van der Waals surface area contributed by atoms with Crippen LogP contribution < -0.4 is 0 Å². The largest absolute Gasteiger partial charge is 0.379 e. The molecule has 2 fully saturated rings. The molecule has 20 heavy (non-hydrogen) atoms. The van der Waals surface area contributed by atoms with Crippen molar-refractivity contribution in [2.24, 2.45) is 5.41 Å². The highest BCUT2D eigenvalue weighted by atomic mass is 32.1. The third-order valence-corrected chi connectivity index (χ3v) is 5.31. The van der Waals surface area contributed by atoms with E-state index >= 15 is 0 Å². The number of ether oxygens (including phenoxy) is 1. The lowest BCUT2D eigenvalue weighted by Gasteiger charge is -2.43. The number of thiazole rings is 1. The first kappa shape index (κ1) is 14.4. The molecule has 1 spiro atoms. The van der Waals surface area contributed by atoms with Crippen LogP contribution in [-0.4, -0.2) is 60.7 Å². The molecule has 2 aliphatic rings. The van der Waals surface area contributed by atoms with E-state index in [-0.39, 0.29) is 0 Å². The van der Waals surface area contributed by atoms with Gasteiger partial charge in [0.25, 0.3) is 0 Å². The summed E-state index contributed by atoms with van der Waals surface area (Å²) in [5.41, 5.74) is 0.335. The van der Waals surface area contributed by atoms with Gasteiger partial charge in [0.2, 0.25) is 0 Å². The number of hydrogen-bond donors (Lipinski definition) is 0. The molecule has 2 saturated heterocycles. The molecule has 1 atom stereocenters.